The van der Waals surface area contributed by atoms with Crippen LogP contribution < -0.4 is 16.0 Å². The Balaban J connectivity index is 2.38. The number of carbonyl (C=O) groups is 2. The summed E-state index contributed by atoms with van der Waals surface area (Å²) in [6.45, 7) is 14.3. The van der Waals surface area contributed by atoms with E-state index < -0.39 is 25.9 Å². The van der Waals surface area contributed by atoms with Crippen LogP contribution in [-0.2, 0) is 20.9 Å². The van der Waals surface area contributed by atoms with Crippen molar-refractivity contribution in [3.05, 3.63) is 47.8 Å². The second-order valence-electron chi connectivity index (χ2n) is 11.8. The molecule has 3 N–H and O–H groups in total. The molecule has 1 unspecified atom stereocenters. The number of hydrogen-bond donors (Lipinski definition) is 3. The predicted molar refractivity (Wildman–Crippen MR) is 157 cm³/mol. The fraction of sp³-hybridized carbons (Fsp3) is 0.607. The summed E-state index contributed by atoms with van der Waals surface area (Å²) in [5.41, 5.74) is 0.668. The SMILES string of the molecule is COC(=O)NC1=CC=Cc2cn(COCC[Si](C)(C)C)c(n2)C(NC(=O)OC(C)(C)C)CCCCCNC=C1. The lowest BCUT2D eigenvalue weighted by Crippen LogP contribution is -2.36. The summed E-state index contributed by atoms with van der Waals surface area (Å²) >= 11 is 0. The van der Waals surface area contributed by atoms with E-state index in [0.29, 0.717) is 24.7 Å². The molecule has 2 heterocycles. The van der Waals surface area contributed by atoms with Crippen LogP contribution in [-0.4, -0.2) is 55.7 Å². The number of fused-ring (bicyclic) bond motifs is 2. The molecule has 2 amide bonds. The summed E-state index contributed by atoms with van der Waals surface area (Å²) in [6.07, 6.45) is 13.4. The van der Waals surface area contributed by atoms with Crippen molar-refractivity contribution in [3.63, 3.8) is 0 Å². The van der Waals surface area contributed by atoms with E-state index in [-0.39, 0.29) is 6.04 Å². The molecule has 1 aliphatic heterocycles. The maximum atomic E-state index is 12.8. The number of nitrogens with zero attached hydrogens (tertiary/aromatic N) is 2. The van der Waals surface area contributed by atoms with E-state index >= 15 is 0 Å². The van der Waals surface area contributed by atoms with Crippen LogP contribution >= 0.6 is 0 Å². The number of ether oxygens (including phenoxy) is 3. The van der Waals surface area contributed by atoms with Gasteiger partial charge >= 0.3 is 12.2 Å². The molecule has 2 bridgehead atoms. The number of aromatic nitrogens is 2. The van der Waals surface area contributed by atoms with E-state index in [0.717, 1.165) is 44.1 Å². The van der Waals surface area contributed by atoms with Crippen molar-refractivity contribution in [3.8, 4) is 0 Å². The quantitative estimate of drug-likeness (QED) is 0.289. The third kappa shape index (κ3) is 13.5. The number of nitrogens with one attached hydrogen (secondary N) is 3. The molecule has 10 nitrogen and oxygen atoms in total. The van der Waals surface area contributed by atoms with E-state index in [2.05, 4.69) is 35.6 Å². The summed E-state index contributed by atoms with van der Waals surface area (Å²) in [4.78, 5) is 29.4. The molecule has 1 aliphatic rings. The first-order valence-electron chi connectivity index (χ1n) is 13.6. The Labute approximate surface area is 234 Å². The third-order valence-electron chi connectivity index (χ3n) is 5.72. The molecule has 0 fully saturated rings. The van der Waals surface area contributed by atoms with Crippen LogP contribution in [0.3, 0.4) is 0 Å². The zero-order valence-corrected chi connectivity index (χ0v) is 25.6. The van der Waals surface area contributed by atoms with Gasteiger partial charge in [-0.1, -0.05) is 38.6 Å². The van der Waals surface area contributed by atoms with E-state index in [4.69, 9.17) is 19.2 Å². The van der Waals surface area contributed by atoms with Gasteiger partial charge in [0.25, 0.3) is 0 Å². The Morgan fingerprint density at radius 2 is 1.92 bits per heavy atom. The van der Waals surface area contributed by atoms with Gasteiger partial charge in [0.15, 0.2) is 0 Å². The number of methoxy groups -OCH3 is 1. The molecule has 0 aromatic carbocycles. The Morgan fingerprint density at radius 1 is 1.15 bits per heavy atom. The van der Waals surface area contributed by atoms with Gasteiger partial charge in [-0.05, 0) is 64.1 Å². The standard InChI is InChI=1S/C28H47N5O5Si/c1-28(2,3)38-27(35)32-24-14-9-8-10-16-29-17-15-22(31-26(34)36-4)12-11-13-23-20-33(25(24)30-23)21-37-18-19-39(5,6)7/h11-13,15,17,20,24,29H,8-10,14,16,18-19,21H2,1-7H3,(H,31,34)(H,32,35). The monoisotopic (exact) mass is 561 g/mol. The van der Waals surface area contributed by atoms with Crippen molar-refractivity contribution in [1.82, 2.24) is 25.5 Å². The molecule has 11 heteroatoms. The summed E-state index contributed by atoms with van der Waals surface area (Å²) in [5.74, 6) is 0.718. The van der Waals surface area contributed by atoms with Gasteiger partial charge in [0.1, 0.15) is 18.2 Å². The third-order valence-corrected chi connectivity index (χ3v) is 7.43. The zero-order chi connectivity index (χ0) is 28.9. The van der Waals surface area contributed by atoms with Crippen molar-refractivity contribution in [2.24, 2.45) is 0 Å². The first kappa shape index (κ1) is 32.2. The highest BCUT2D eigenvalue weighted by Crippen LogP contribution is 2.22. The molecule has 0 saturated carbocycles. The number of rotatable bonds is 7. The Bertz CT molecular complexity index is 1020. The second kappa shape index (κ2) is 15.5. The van der Waals surface area contributed by atoms with Crippen molar-refractivity contribution in [2.45, 2.75) is 90.5 Å². The highest BCUT2D eigenvalue weighted by molar-refractivity contribution is 6.76. The minimum atomic E-state index is -1.23. The molecule has 0 spiro atoms. The van der Waals surface area contributed by atoms with Crippen LogP contribution in [0.2, 0.25) is 25.7 Å². The Hall–Kier alpha value is -3.05. The molecular formula is C28H47N5O5Si. The molecule has 1 aromatic heterocycles. The maximum absolute atomic E-state index is 12.8. The lowest BCUT2D eigenvalue weighted by Gasteiger charge is -2.24. The van der Waals surface area contributed by atoms with Crippen LogP contribution in [0.1, 0.15) is 64.0 Å². The molecule has 1 atom stereocenters. The molecule has 0 saturated heterocycles. The van der Waals surface area contributed by atoms with Crippen LogP contribution in [0.15, 0.2) is 36.3 Å². The Morgan fingerprint density at radius 3 is 2.62 bits per heavy atom. The summed E-state index contributed by atoms with van der Waals surface area (Å²) in [7, 11) is 0.0962. The van der Waals surface area contributed by atoms with Crippen molar-refractivity contribution >= 4 is 26.3 Å². The number of alkyl carbamates (subject to hydrolysis) is 2. The van der Waals surface area contributed by atoms with E-state index in [1.165, 1.54) is 7.11 Å². The Kier molecular flexibility index (Phi) is 12.8. The van der Waals surface area contributed by atoms with Gasteiger partial charge < -0.3 is 29.4 Å². The van der Waals surface area contributed by atoms with Gasteiger partial charge in [0.2, 0.25) is 0 Å². The van der Waals surface area contributed by atoms with Crippen LogP contribution in [0, 0.1) is 0 Å². The largest absolute Gasteiger partial charge is 0.453 e. The van der Waals surface area contributed by atoms with Crippen molar-refractivity contribution < 1.29 is 23.8 Å². The maximum Gasteiger partial charge on any atom is 0.411 e. The number of carbonyl (C=O) groups excluding carboxylic acids is 2. The van der Waals surface area contributed by atoms with Gasteiger partial charge in [-0.25, -0.2) is 14.6 Å². The van der Waals surface area contributed by atoms with Gasteiger partial charge in [-0.15, -0.1) is 0 Å². The van der Waals surface area contributed by atoms with Gasteiger partial charge in [-0.3, -0.25) is 5.32 Å². The fourth-order valence-electron chi connectivity index (χ4n) is 3.71. The normalized spacial score (nSPS) is 17.1. The minimum absolute atomic E-state index is 0.338. The van der Waals surface area contributed by atoms with Crippen LogP contribution in [0.25, 0.3) is 6.08 Å². The van der Waals surface area contributed by atoms with Gasteiger partial charge in [0, 0.05) is 33.1 Å². The number of hydrogen-bond acceptors (Lipinski definition) is 7. The van der Waals surface area contributed by atoms with Crippen molar-refractivity contribution in [2.75, 3.05) is 20.3 Å². The summed E-state index contributed by atoms with van der Waals surface area (Å²) in [5, 5.41) is 8.99. The molecular weight excluding hydrogens is 514 g/mol. The van der Waals surface area contributed by atoms with Crippen molar-refractivity contribution in [1.29, 1.82) is 0 Å². The van der Waals surface area contributed by atoms with Crippen LogP contribution in [0.5, 0.6) is 0 Å². The van der Waals surface area contributed by atoms with Gasteiger partial charge in [-0.2, -0.15) is 0 Å². The predicted octanol–water partition coefficient (Wildman–Crippen LogP) is 5.69. The van der Waals surface area contributed by atoms with E-state index in [1.807, 2.05) is 37.6 Å². The highest BCUT2D eigenvalue weighted by Gasteiger charge is 2.24. The first-order valence-corrected chi connectivity index (χ1v) is 17.3. The zero-order valence-electron chi connectivity index (χ0n) is 24.6. The summed E-state index contributed by atoms with van der Waals surface area (Å²) in [6, 6.07) is 0.724. The average Bonchev–Trinajstić information content (AvgIpc) is 3.22. The lowest BCUT2D eigenvalue weighted by molar-refractivity contribution is 0.0487. The molecule has 39 heavy (non-hydrogen) atoms. The second-order valence-corrected chi connectivity index (χ2v) is 17.4. The number of amides is 2. The number of imidazole rings is 1. The summed E-state index contributed by atoms with van der Waals surface area (Å²) < 4.78 is 18.3. The van der Waals surface area contributed by atoms with E-state index in [9.17, 15) is 9.59 Å². The topological polar surface area (TPSA) is 116 Å². The number of allylic oxidation sites excluding steroid dienone is 3. The van der Waals surface area contributed by atoms with Crippen LogP contribution in [0.4, 0.5) is 9.59 Å². The molecule has 1 aromatic rings. The first-order chi connectivity index (χ1) is 18.4. The van der Waals surface area contributed by atoms with E-state index in [1.54, 1.807) is 24.4 Å². The molecule has 218 valence electrons. The highest BCUT2D eigenvalue weighted by atomic mass is 28.3. The van der Waals surface area contributed by atoms with Gasteiger partial charge in [0.05, 0.1) is 18.8 Å². The molecule has 0 aliphatic carbocycles. The smallest absolute Gasteiger partial charge is 0.411 e. The molecule has 2 rings (SSSR count). The average molecular weight is 562 g/mol. The minimum Gasteiger partial charge on any atom is -0.453 e. The lowest BCUT2D eigenvalue weighted by atomic mass is 10.1. The fourth-order valence-corrected chi connectivity index (χ4v) is 4.47. The molecule has 0 radical (unpaired) electrons.